The molecule has 2 aromatic carbocycles. The van der Waals surface area contributed by atoms with Crippen LogP contribution in [-0.4, -0.2) is 61.7 Å². The molecule has 0 unspecified atom stereocenters. The molecule has 1 heterocycles. The molecule has 0 spiro atoms. The van der Waals surface area contributed by atoms with Crippen LogP contribution in [0.1, 0.15) is 5.56 Å². The summed E-state index contributed by atoms with van der Waals surface area (Å²) in [7, 11) is -2.30. The van der Waals surface area contributed by atoms with Gasteiger partial charge in [-0.05, 0) is 23.8 Å². The standard InChI is InChI=1S/C19H21N3O6S/c1-28-17-6-2-4-15(12-17)13-19(23)20-8-10-21(11-9-20)29(26,27)18-7-3-5-16(14-18)22(24)25/h2-7,12,14H,8-11,13H2,1H3. The van der Waals surface area contributed by atoms with E-state index in [-0.39, 0.29) is 49.1 Å². The largest absolute Gasteiger partial charge is 0.497 e. The predicted octanol–water partition coefficient (Wildman–Crippen LogP) is 1.68. The van der Waals surface area contributed by atoms with Gasteiger partial charge in [0.15, 0.2) is 0 Å². The second kappa shape index (κ2) is 8.58. The molecule has 0 atom stereocenters. The lowest BCUT2D eigenvalue weighted by Gasteiger charge is -2.34. The number of hydrogen-bond donors (Lipinski definition) is 0. The first-order chi connectivity index (χ1) is 13.8. The second-order valence-corrected chi connectivity index (χ2v) is 8.51. The minimum absolute atomic E-state index is 0.0920. The predicted molar refractivity (Wildman–Crippen MR) is 105 cm³/mol. The Bertz CT molecular complexity index is 1020. The Hall–Kier alpha value is -2.98. The number of non-ortho nitro benzene ring substituents is 1. The van der Waals surface area contributed by atoms with Gasteiger partial charge in [0.25, 0.3) is 5.69 Å². The average Bonchev–Trinajstić information content (AvgIpc) is 2.74. The van der Waals surface area contributed by atoms with Crippen molar-refractivity contribution in [3.63, 3.8) is 0 Å². The lowest BCUT2D eigenvalue weighted by molar-refractivity contribution is -0.385. The molecule has 1 amide bonds. The number of piperazine rings is 1. The van der Waals surface area contributed by atoms with E-state index >= 15 is 0 Å². The highest BCUT2D eigenvalue weighted by Gasteiger charge is 2.30. The molecule has 0 aromatic heterocycles. The maximum absolute atomic E-state index is 12.8. The van der Waals surface area contributed by atoms with Crippen molar-refractivity contribution in [2.24, 2.45) is 0 Å². The van der Waals surface area contributed by atoms with Crippen LogP contribution in [-0.2, 0) is 21.2 Å². The lowest BCUT2D eigenvalue weighted by atomic mass is 10.1. The SMILES string of the molecule is COc1cccc(CC(=O)N2CCN(S(=O)(=O)c3cccc([N+](=O)[O-])c3)CC2)c1. The summed E-state index contributed by atoms with van der Waals surface area (Å²) < 4.78 is 32.0. The molecule has 154 valence electrons. The summed E-state index contributed by atoms with van der Waals surface area (Å²) in [6.07, 6.45) is 0.203. The van der Waals surface area contributed by atoms with Gasteiger partial charge in [-0.15, -0.1) is 0 Å². The number of carbonyl (C=O) groups is 1. The summed E-state index contributed by atoms with van der Waals surface area (Å²) in [6.45, 7) is 0.789. The molecule has 0 radical (unpaired) electrons. The first-order valence-electron chi connectivity index (χ1n) is 8.96. The fourth-order valence-electron chi connectivity index (χ4n) is 3.15. The minimum atomic E-state index is -3.86. The van der Waals surface area contributed by atoms with E-state index in [1.165, 1.54) is 22.5 Å². The number of carbonyl (C=O) groups excluding carboxylic acids is 1. The lowest BCUT2D eigenvalue weighted by Crippen LogP contribution is -2.50. The first kappa shape index (κ1) is 20.7. The van der Waals surface area contributed by atoms with Crippen molar-refractivity contribution in [3.05, 3.63) is 64.2 Å². The van der Waals surface area contributed by atoms with Crippen molar-refractivity contribution in [1.29, 1.82) is 0 Å². The van der Waals surface area contributed by atoms with Crippen molar-refractivity contribution in [1.82, 2.24) is 9.21 Å². The topological polar surface area (TPSA) is 110 Å². The Morgan fingerprint density at radius 3 is 2.45 bits per heavy atom. The van der Waals surface area contributed by atoms with Crippen molar-refractivity contribution >= 4 is 21.6 Å². The Balaban J connectivity index is 1.64. The minimum Gasteiger partial charge on any atom is -0.497 e. The average molecular weight is 419 g/mol. The Labute approximate surface area is 168 Å². The summed E-state index contributed by atoms with van der Waals surface area (Å²) in [5.74, 6) is 0.578. The van der Waals surface area contributed by atoms with Crippen LogP contribution < -0.4 is 4.74 Å². The summed E-state index contributed by atoms with van der Waals surface area (Å²) in [4.78, 5) is 24.3. The molecule has 2 aromatic rings. The summed E-state index contributed by atoms with van der Waals surface area (Å²) >= 11 is 0. The maximum Gasteiger partial charge on any atom is 0.270 e. The summed E-state index contributed by atoms with van der Waals surface area (Å²) in [6, 6.07) is 12.2. The molecule has 1 saturated heterocycles. The second-order valence-electron chi connectivity index (χ2n) is 6.57. The zero-order valence-corrected chi connectivity index (χ0v) is 16.7. The highest BCUT2D eigenvalue weighted by Crippen LogP contribution is 2.22. The number of nitro groups is 1. The molecule has 3 rings (SSSR count). The van der Waals surface area contributed by atoms with Crippen molar-refractivity contribution in [2.75, 3.05) is 33.3 Å². The number of ether oxygens (including phenoxy) is 1. The van der Waals surface area contributed by atoms with Crippen molar-refractivity contribution in [3.8, 4) is 5.75 Å². The van der Waals surface area contributed by atoms with Crippen LogP contribution in [0.5, 0.6) is 5.75 Å². The number of nitro benzene ring substituents is 1. The van der Waals surface area contributed by atoms with E-state index in [2.05, 4.69) is 0 Å². The van der Waals surface area contributed by atoms with E-state index in [1.807, 2.05) is 12.1 Å². The highest BCUT2D eigenvalue weighted by atomic mass is 32.2. The molecule has 0 bridgehead atoms. The number of sulfonamides is 1. The molecule has 0 saturated carbocycles. The monoisotopic (exact) mass is 419 g/mol. The maximum atomic E-state index is 12.8. The van der Waals surface area contributed by atoms with Gasteiger partial charge in [0.2, 0.25) is 15.9 Å². The molecule has 9 nitrogen and oxygen atoms in total. The van der Waals surface area contributed by atoms with E-state index in [9.17, 15) is 23.3 Å². The van der Waals surface area contributed by atoms with Crippen LogP contribution in [0.2, 0.25) is 0 Å². The number of methoxy groups -OCH3 is 1. The molecule has 0 aliphatic carbocycles. The molecule has 1 fully saturated rings. The fraction of sp³-hybridized carbons (Fsp3) is 0.316. The van der Waals surface area contributed by atoms with Crippen LogP contribution in [0.15, 0.2) is 53.4 Å². The van der Waals surface area contributed by atoms with Crippen LogP contribution in [0.4, 0.5) is 5.69 Å². The van der Waals surface area contributed by atoms with Crippen LogP contribution in [0, 0.1) is 10.1 Å². The zero-order valence-electron chi connectivity index (χ0n) is 15.9. The third-order valence-corrected chi connectivity index (χ3v) is 6.64. The summed E-state index contributed by atoms with van der Waals surface area (Å²) in [5, 5.41) is 10.9. The third-order valence-electron chi connectivity index (χ3n) is 4.75. The van der Waals surface area contributed by atoms with Crippen LogP contribution in [0.25, 0.3) is 0 Å². The van der Waals surface area contributed by atoms with Gasteiger partial charge in [-0.3, -0.25) is 14.9 Å². The van der Waals surface area contributed by atoms with Crippen LogP contribution >= 0.6 is 0 Å². The quantitative estimate of drug-likeness (QED) is 0.520. The summed E-state index contributed by atoms with van der Waals surface area (Å²) in [5.41, 5.74) is 0.541. The molecular weight excluding hydrogens is 398 g/mol. The molecule has 10 heteroatoms. The first-order valence-corrected chi connectivity index (χ1v) is 10.4. The molecule has 29 heavy (non-hydrogen) atoms. The van der Waals surface area contributed by atoms with Gasteiger partial charge in [-0.25, -0.2) is 8.42 Å². The van der Waals surface area contributed by atoms with E-state index in [0.29, 0.717) is 5.75 Å². The van der Waals surface area contributed by atoms with Gasteiger partial charge in [0.1, 0.15) is 5.75 Å². The van der Waals surface area contributed by atoms with Crippen molar-refractivity contribution < 1.29 is 22.9 Å². The smallest absolute Gasteiger partial charge is 0.270 e. The zero-order chi connectivity index (χ0) is 21.0. The number of amides is 1. The van der Waals surface area contributed by atoms with Gasteiger partial charge in [-0.2, -0.15) is 4.31 Å². The Morgan fingerprint density at radius 2 is 1.79 bits per heavy atom. The van der Waals surface area contributed by atoms with E-state index in [4.69, 9.17) is 4.74 Å². The van der Waals surface area contributed by atoms with E-state index in [0.717, 1.165) is 11.6 Å². The van der Waals surface area contributed by atoms with Gasteiger partial charge in [-0.1, -0.05) is 18.2 Å². The molecule has 1 aliphatic heterocycles. The van der Waals surface area contributed by atoms with Gasteiger partial charge >= 0.3 is 0 Å². The Morgan fingerprint density at radius 1 is 1.10 bits per heavy atom. The van der Waals surface area contributed by atoms with Gasteiger partial charge < -0.3 is 9.64 Å². The van der Waals surface area contributed by atoms with Gasteiger partial charge in [0.05, 0.1) is 23.3 Å². The van der Waals surface area contributed by atoms with Gasteiger partial charge in [0, 0.05) is 38.3 Å². The molecule has 0 N–H and O–H groups in total. The molecular formula is C19H21N3O6S. The number of hydrogen-bond acceptors (Lipinski definition) is 6. The normalized spacial score (nSPS) is 15.1. The number of rotatable bonds is 6. The van der Waals surface area contributed by atoms with E-state index in [1.54, 1.807) is 24.1 Å². The van der Waals surface area contributed by atoms with Crippen LogP contribution in [0.3, 0.4) is 0 Å². The highest BCUT2D eigenvalue weighted by molar-refractivity contribution is 7.89. The Kier molecular flexibility index (Phi) is 6.14. The number of benzene rings is 2. The number of nitrogens with zero attached hydrogens (tertiary/aromatic N) is 3. The fourth-order valence-corrected chi connectivity index (χ4v) is 4.62. The molecule has 1 aliphatic rings. The third kappa shape index (κ3) is 4.72. The van der Waals surface area contributed by atoms with Crippen molar-refractivity contribution in [2.45, 2.75) is 11.3 Å². The van der Waals surface area contributed by atoms with E-state index < -0.39 is 14.9 Å².